The average molecular weight is 298 g/mol. The maximum atomic E-state index is 12.5. The molecule has 1 aromatic heterocycles. The number of H-pyrrole nitrogens is 1. The third kappa shape index (κ3) is 1.85. The zero-order chi connectivity index (χ0) is 15.5. The van der Waals surface area contributed by atoms with Crippen LogP contribution in [0.25, 0.3) is 10.9 Å². The molecule has 1 fully saturated rings. The van der Waals surface area contributed by atoms with E-state index in [9.17, 15) is 14.7 Å². The van der Waals surface area contributed by atoms with Crippen LogP contribution < -0.4 is 0 Å². The first-order chi connectivity index (χ1) is 10.5. The minimum atomic E-state index is -0.928. The van der Waals surface area contributed by atoms with Gasteiger partial charge in [0, 0.05) is 41.6 Å². The number of hydrogen-bond donors (Lipinski definition) is 2. The molecule has 2 heterocycles. The largest absolute Gasteiger partial charge is 0.478 e. The van der Waals surface area contributed by atoms with Gasteiger partial charge in [-0.25, -0.2) is 4.79 Å². The molecule has 1 aliphatic carbocycles. The second-order valence-electron chi connectivity index (χ2n) is 6.65. The van der Waals surface area contributed by atoms with E-state index >= 15 is 0 Å². The van der Waals surface area contributed by atoms with Crippen molar-refractivity contribution in [1.82, 2.24) is 9.88 Å². The van der Waals surface area contributed by atoms with E-state index in [1.165, 1.54) is 0 Å². The number of carbonyl (C=O) groups is 2. The van der Waals surface area contributed by atoms with Gasteiger partial charge in [-0.15, -0.1) is 0 Å². The molecule has 114 valence electrons. The highest BCUT2D eigenvalue weighted by Gasteiger charge is 2.47. The lowest BCUT2D eigenvalue weighted by molar-refractivity contribution is -0.137. The van der Waals surface area contributed by atoms with Gasteiger partial charge in [0.1, 0.15) is 0 Å². The first-order valence-electron chi connectivity index (χ1n) is 7.65. The van der Waals surface area contributed by atoms with E-state index in [0.29, 0.717) is 24.2 Å². The van der Waals surface area contributed by atoms with Crippen molar-refractivity contribution in [3.63, 3.8) is 0 Å². The fourth-order valence-electron chi connectivity index (χ4n) is 3.37. The zero-order valence-electron chi connectivity index (χ0n) is 12.5. The summed E-state index contributed by atoms with van der Waals surface area (Å²) in [5.74, 6) is -0.690. The van der Waals surface area contributed by atoms with E-state index in [2.05, 4.69) is 4.98 Å². The summed E-state index contributed by atoms with van der Waals surface area (Å²) in [6, 6.07) is 5.31. The molecule has 2 aliphatic rings. The first-order valence-corrected chi connectivity index (χ1v) is 7.65. The average Bonchev–Trinajstić information content (AvgIpc) is 3.15. The molecule has 2 N–H and O–H groups in total. The summed E-state index contributed by atoms with van der Waals surface area (Å²) >= 11 is 0. The van der Waals surface area contributed by atoms with E-state index in [-0.39, 0.29) is 11.3 Å². The smallest absolute Gasteiger partial charge is 0.337 e. The highest BCUT2D eigenvalue weighted by Crippen LogP contribution is 2.47. The molecular formula is C17H18N2O3. The maximum Gasteiger partial charge on any atom is 0.337 e. The normalized spacial score (nSPS) is 19.0. The maximum absolute atomic E-state index is 12.5. The van der Waals surface area contributed by atoms with Crippen LogP contribution in [-0.2, 0) is 17.8 Å². The minimum absolute atomic E-state index is 0.157. The number of benzene rings is 1. The van der Waals surface area contributed by atoms with E-state index in [1.807, 2.05) is 17.9 Å². The van der Waals surface area contributed by atoms with Gasteiger partial charge in [0.25, 0.3) is 0 Å². The Morgan fingerprint density at radius 1 is 1.32 bits per heavy atom. The van der Waals surface area contributed by atoms with Crippen LogP contribution in [0.5, 0.6) is 0 Å². The van der Waals surface area contributed by atoms with Gasteiger partial charge in [-0.1, -0.05) is 19.1 Å². The molecule has 5 heteroatoms. The van der Waals surface area contributed by atoms with Crippen molar-refractivity contribution in [3.8, 4) is 0 Å². The molecule has 1 saturated carbocycles. The number of rotatable bonds is 2. The van der Waals surface area contributed by atoms with Crippen molar-refractivity contribution in [2.45, 2.75) is 32.7 Å². The molecule has 0 bridgehead atoms. The SMILES string of the molecule is CC1(C(=O)N2CCc3[nH]c4c(C(=O)O)cccc4c3C2)CC1. The Labute approximate surface area is 127 Å². The van der Waals surface area contributed by atoms with Crippen LogP contribution in [0.2, 0.25) is 0 Å². The van der Waals surface area contributed by atoms with Gasteiger partial charge in [-0.3, -0.25) is 4.79 Å². The van der Waals surface area contributed by atoms with Crippen molar-refractivity contribution in [2.24, 2.45) is 5.41 Å². The van der Waals surface area contributed by atoms with E-state index in [4.69, 9.17) is 0 Å². The van der Waals surface area contributed by atoms with Crippen molar-refractivity contribution in [2.75, 3.05) is 6.54 Å². The number of fused-ring (bicyclic) bond motifs is 3. The molecule has 5 nitrogen and oxygen atoms in total. The molecule has 0 atom stereocenters. The fraction of sp³-hybridized carbons (Fsp3) is 0.412. The number of hydrogen-bond acceptors (Lipinski definition) is 2. The van der Waals surface area contributed by atoms with Crippen molar-refractivity contribution in [1.29, 1.82) is 0 Å². The van der Waals surface area contributed by atoms with Gasteiger partial charge < -0.3 is 15.0 Å². The first kappa shape index (κ1) is 13.4. The summed E-state index contributed by atoms with van der Waals surface area (Å²) in [7, 11) is 0. The topological polar surface area (TPSA) is 73.4 Å². The summed E-state index contributed by atoms with van der Waals surface area (Å²) < 4.78 is 0. The lowest BCUT2D eigenvalue weighted by Crippen LogP contribution is -2.39. The molecule has 0 unspecified atom stereocenters. The number of aromatic amines is 1. The van der Waals surface area contributed by atoms with Gasteiger partial charge in [-0.2, -0.15) is 0 Å². The molecule has 0 saturated heterocycles. The summed E-state index contributed by atoms with van der Waals surface area (Å²) in [5.41, 5.74) is 2.94. The molecule has 0 radical (unpaired) electrons. The lowest BCUT2D eigenvalue weighted by atomic mass is 10.0. The standard InChI is InChI=1S/C17H18N2O3/c1-17(6-7-17)16(22)19-8-5-13-12(9-19)10-3-2-4-11(15(20)21)14(10)18-13/h2-4,18H,5-9H2,1H3,(H,20,21). The second kappa shape index (κ2) is 4.35. The number of carboxylic acid groups (broad SMARTS) is 1. The Bertz CT molecular complexity index is 802. The van der Waals surface area contributed by atoms with Gasteiger partial charge >= 0.3 is 5.97 Å². The third-order valence-electron chi connectivity index (χ3n) is 5.04. The highest BCUT2D eigenvalue weighted by atomic mass is 16.4. The van der Waals surface area contributed by atoms with Crippen molar-refractivity contribution >= 4 is 22.8 Å². The van der Waals surface area contributed by atoms with Crippen LogP contribution in [0.15, 0.2) is 18.2 Å². The third-order valence-corrected chi connectivity index (χ3v) is 5.04. The minimum Gasteiger partial charge on any atom is -0.478 e. The second-order valence-corrected chi connectivity index (χ2v) is 6.65. The Hall–Kier alpha value is -2.30. The number of nitrogens with one attached hydrogen (secondary N) is 1. The monoisotopic (exact) mass is 298 g/mol. The molecule has 1 aromatic carbocycles. The van der Waals surface area contributed by atoms with E-state index in [0.717, 1.165) is 35.9 Å². The molecule has 1 amide bonds. The summed E-state index contributed by atoms with van der Waals surface area (Å²) in [4.78, 5) is 29.1. The van der Waals surface area contributed by atoms with Gasteiger partial charge in [0.05, 0.1) is 11.1 Å². The van der Waals surface area contributed by atoms with Crippen molar-refractivity contribution in [3.05, 3.63) is 35.0 Å². The Morgan fingerprint density at radius 2 is 2.09 bits per heavy atom. The molecule has 4 rings (SSSR count). The molecular weight excluding hydrogens is 280 g/mol. The van der Waals surface area contributed by atoms with Gasteiger partial charge in [-0.05, 0) is 18.9 Å². The number of aromatic nitrogens is 1. The highest BCUT2D eigenvalue weighted by molar-refractivity contribution is 6.03. The zero-order valence-corrected chi connectivity index (χ0v) is 12.5. The molecule has 1 aliphatic heterocycles. The molecule has 0 spiro atoms. The Balaban J connectivity index is 1.75. The Kier molecular flexibility index (Phi) is 2.64. The predicted octanol–water partition coefficient (Wildman–Crippen LogP) is 2.55. The predicted molar refractivity (Wildman–Crippen MR) is 81.7 cm³/mol. The number of aromatic carboxylic acids is 1. The van der Waals surface area contributed by atoms with Crippen molar-refractivity contribution < 1.29 is 14.7 Å². The van der Waals surface area contributed by atoms with Crippen LogP contribution in [0, 0.1) is 5.41 Å². The van der Waals surface area contributed by atoms with Gasteiger partial charge in [0.2, 0.25) is 5.91 Å². The molecule has 22 heavy (non-hydrogen) atoms. The number of carboxylic acids is 1. The van der Waals surface area contributed by atoms with Crippen LogP contribution in [-0.4, -0.2) is 33.4 Å². The van der Waals surface area contributed by atoms with E-state index in [1.54, 1.807) is 12.1 Å². The number of para-hydroxylation sites is 1. The van der Waals surface area contributed by atoms with Crippen LogP contribution in [0.3, 0.4) is 0 Å². The van der Waals surface area contributed by atoms with Gasteiger partial charge in [0.15, 0.2) is 0 Å². The fourth-order valence-corrected chi connectivity index (χ4v) is 3.37. The summed E-state index contributed by atoms with van der Waals surface area (Å²) in [5, 5.41) is 10.2. The summed E-state index contributed by atoms with van der Waals surface area (Å²) in [6.07, 6.45) is 2.71. The number of carbonyl (C=O) groups excluding carboxylic acids is 1. The number of amides is 1. The van der Waals surface area contributed by atoms with E-state index < -0.39 is 5.97 Å². The summed E-state index contributed by atoms with van der Waals surface area (Å²) in [6.45, 7) is 3.31. The van der Waals surface area contributed by atoms with Crippen LogP contribution >= 0.6 is 0 Å². The lowest BCUT2D eigenvalue weighted by Gasteiger charge is -2.29. The Morgan fingerprint density at radius 3 is 2.77 bits per heavy atom. The quantitative estimate of drug-likeness (QED) is 0.895. The number of nitrogens with zero attached hydrogens (tertiary/aromatic N) is 1. The molecule has 2 aromatic rings. The van der Waals surface area contributed by atoms with Crippen LogP contribution in [0.4, 0.5) is 0 Å². The van der Waals surface area contributed by atoms with Crippen LogP contribution in [0.1, 0.15) is 41.4 Å².